The number of ether oxygens (including phenoxy) is 1. The molecule has 214 valence electrons. The number of nitrogens with zero attached hydrogens (tertiary/aromatic N) is 1. The lowest BCUT2D eigenvalue weighted by molar-refractivity contribution is -0.147. The number of esters is 1. The molecule has 5 amide bonds. The first kappa shape index (κ1) is 32.5. The second kappa shape index (κ2) is 15.0. The molecule has 13 heteroatoms. The third-order valence-electron chi connectivity index (χ3n) is 6.21. The van der Waals surface area contributed by atoms with E-state index in [0.29, 0.717) is 19.3 Å². The van der Waals surface area contributed by atoms with Gasteiger partial charge in [-0.3, -0.25) is 28.8 Å². The van der Waals surface area contributed by atoms with Crippen LogP contribution in [0.3, 0.4) is 0 Å². The molecule has 0 bridgehead atoms. The number of hydrogen-bond donors (Lipinski definition) is 4. The van der Waals surface area contributed by atoms with E-state index in [2.05, 4.69) is 16.0 Å². The molecule has 1 heterocycles. The van der Waals surface area contributed by atoms with Crippen molar-refractivity contribution >= 4 is 41.3 Å². The highest BCUT2D eigenvalue weighted by atomic mass is 16.5. The third-order valence-corrected chi connectivity index (χ3v) is 6.21. The van der Waals surface area contributed by atoms with Crippen LogP contribution in [0.1, 0.15) is 66.7 Å². The molecule has 0 aliphatic carbocycles. The molecule has 0 aromatic rings. The van der Waals surface area contributed by atoms with Crippen LogP contribution in [-0.4, -0.2) is 84.0 Å². The summed E-state index contributed by atoms with van der Waals surface area (Å²) in [6, 6.07) is -3.91. The van der Waals surface area contributed by atoms with Gasteiger partial charge in [0.2, 0.25) is 29.4 Å². The van der Waals surface area contributed by atoms with Crippen LogP contribution in [-0.2, 0) is 38.3 Å². The Morgan fingerprint density at radius 3 is 2.11 bits per heavy atom. The maximum atomic E-state index is 13.5. The molecule has 5 N–H and O–H groups in total. The monoisotopic (exact) mass is 539 g/mol. The second-order valence-corrected chi connectivity index (χ2v) is 10.2. The van der Waals surface area contributed by atoms with E-state index in [1.165, 1.54) is 18.9 Å². The zero-order valence-corrected chi connectivity index (χ0v) is 23.0. The number of primary amides is 1. The lowest BCUT2D eigenvalue weighted by atomic mass is 10.00. The predicted molar refractivity (Wildman–Crippen MR) is 136 cm³/mol. The van der Waals surface area contributed by atoms with Crippen molar-refractivity contribution in [3.8, 4) is 0 Å². The van der Waals surface area contributed by atoms with Crippen LogP contribution in [0.15, 0.2) is 0 Å². The van der Waals surface area contributed by atoms with Crippen molar-refractivity contribution in [3.63, 3.8) is 0 Å². The van der Waals surface area contributed by atoms with Crippen LogP contribution in [0, 0.1) is 11.8 Å². The van der Waals surface area contributed by atoms with Crippen LogP contribution in [0.2, 0.25) is 0 Å². The van der Waals surface area contributed by atoms with Crippen LogP contribution < -0.4 is 21.7 Å². The molecular weight excluding hydrogens is 498 g/mol. The summed E-state index contributed by atoms with van der Waals surface area (Å²) in [6.45, 7) is 8.71. The third kappa shape index (κ3) is 9.75. The van der Waals surface area contributed by atoms with Gasteiger partial charge >= 0.3 is 5.97 Å². The Labute approximate surface area is 222 Å². The van der Waals surface area contributed by atoms with Gasteiger partial charge in [0.05, 0.1) is 7.11 Å². The first-order valence-corrected chi connectivity index (χ1v) is 12.8. The summed E-state index contributed by atoms with van der Waals surface area (Å²) >= 11 is 0. The Morgan fingerprint density at radius 1 is 0.974 bits per heavy atom. The Morgan fingerprint density at radius 2 is 1.61 bits per heavy atom. The maximum Gasteiger partial charge on any atom is 0.328 e. The molecule has 0 saturated carbocycles. The van der Waals surface area contributed by atoms with Gasteiger partial charge < -0.3 is 31.3 Å². The average molecular weight is 540 g/mol. The Bertz CT molecular complexity index is 919. The molecule has 1 aliphatic rings. The van der Waals surface area contributed by atoms with Gasteiger partial charge in [0.15, 0.2) is 0 Å². The van der Waals surface area contributed by atoms with Crippen molar-refractivity contribution in [2.75, 3.05) is 13.7 Å². The van der Waals surface area contributed by atoms with Crippen LogP contribution in [0.4, 0.5) is 0 Å². The number of methoxy groups -OCH3 is 1. The first-order chi connectivity index (χ1) is 17.7. The van der Waals surface area contributed by atoms with Gasteiger partial charge in [-0.15, -0.1) is 0 Å². The van der Waals surface area contributed by atoms with Crippen LogP contribution in [0.25, 0.3) is 0 Å². The SMILES string of the molecule is COC(=O)C(CC(C)C)NC(=O)[C@@H]1CCCN1C(=O)C(NC(=O)C(CCC(=O)C(N)=O)NC(C)=O)C(C)C. The zero-order chi connectivity index (χ0) is 29.2. The molecule has 3 unspecified atom stereocenters. The standard InChI is InChI=1S/C25H41N5O8/c1-13(2)12-17(25(37)38-6)28-23(35)18-8-7-11-30(18)24(36)20(14(3)4)29-22(34)16(27-15(5)31)9-10-19(32)21(26)33/h13-14,16-18,20H,7-12H2,1-6H3,(H2,26,33)(H,27,31)(H,28,35)(H,29,34)/t16?,17?,18-,20?/m0/s1. The normalized spacial score (nSPS) is 17.4. The number of rotatable bonds is 14. The van der Waals surface area contributed by atoms with Gasteiger partial charge in [-0.2, -0.15) is 0 Å². The molecule has 0 aromatic heterocycles. The molecular formula is C25H41N5O8. The van der Waals surface area contributed by atoms with E-state index in [4.69, 9.17) is 10.5 Å². The number of nitrogens with one attached hydrogen (secondary N) is 3. The summed E-state index contributed by atoms with van der Waals surface area (Å²) < 4.78 is 4.80. The van der Waals surface area contributed by atoms with Crippen molar-refractivity contribution < 1.29 is 38.3 Å². The number of carbonyl (C=O) groups is 7. The highest BCUT2D eigenvalue weighted by Gasteiger charge is 2.40. The van der Waals surface area contributed by atoms with Gasteiger partial charge in [0.1, 0.15) is 24.2 Å². The molecule has 1 fully saturated rings. The highest BCUT2D eigenvalue weighted by molar-refractivity contribution is 6.35. The smallest absolute Gasteiger partial charge is 0.328 e. The number of amides is 5. The van der Waals surface area contributed by atoms with Gasteiger partial charge in [-0.1, -0.05) is 27.7 Å². The van der Waals surface area contributed by atoms with Crippen molar-refractivity contribution in [1.29, 1.82) is 0 Å². The minimum absolute atomic E-state index is 0.107. The van der Waals surface area contributed by atoms with Crippen molar-refractivity contribution in [2.45, 2.75) is 90.9 Å². The maximum absolute atomic E-state index is 13.5. The summed E-state index contributed by atoms with van der Waals surface area (Å²) in [7, 11) is 1.24. The number of nitrogens with two attached hydrogens (primary N) is 1. The molecule has 1 saturated heterocycles. The van der Waals surface area contributed by atoms with Crippen molar-refractivity contribution in [2.24, 2.45) is 17.6 Å². The number of carbonyl (C=O) groups excluding carboxylic acids is 7. The van der Waals surface area contributed by atoms with Crippen molar-refractivity contribution in [1.82, 2.24) is 20.9 Å². The summed E-state index contributed by atoms with van der Waals surface area (Å²) in [6.07, 6.45) is 0.757. The number of hydrogen-bond acceptors (Lipinski definition) is 8. The summed E-state index contributed by atoms with van der Waals surface area (Å²) in [5, 5.41) is 7.75. The fourth-order valence-electron chi connectivity index (χ4n) is 4.26. The van der Waals surface area contributed by atoms with E-state index in [1.54, 1.807) is 13.8 Å². The molecule has 1 aliphatic heterocycles. The molecule has 1 rings (SSSR count). The number of ketones is 1. The fraction of sp³-hybridized carbons (Fsp3) is 0.720. The molecule has 4 atom stereocenters. The first-order valence-electron chi connectivity index (χ1n) is 12.8. The molecule has 0 aromatic carbocycles. The van der Waals surface area contributed by atoms with Gasteiger partial charge in [0, 0.05) is 19.9 Å². The quantitative estimate of drug-likeness (QED) is 0.162. The summed E-state index contributed by atoms with van der Waals surface area (Å²) in [4.78, 5) is 87.5. The minimum Gasteiger partial charge on any atom is -0.467 e. The largest absolute Gasteiger partial charge is 0.467 e. The zero-order valence-electron chi connectivity index (χ0n) is 23.0. The average Bonchev–Trinajstić information content (AvgIpc) is 3.32. The van der Waals surface area contributed by atoms with E-state index in [0.717, 1.165) is 0 Å². The molecule has 0 radical (unpaired) electrons. The van der Waals surface area contributed by atoms with Crippen LogP contribution in [0.5, 0.6) is 0 Å². The number of likely N-dealkylation sites (tertiary alicyclic amines) is 1. The Kier molecular flexibility index (Phi) is 12.9. The lowest BCUT2D eigenvalue weighted by Gasteiger charge is -2.32. The number of Topliss-reactive ketones (excluding diaryl/α,β-unsaturated/α-hetero) is 1. The molecule has 0 spiro atoms. The molecule has 13 nitrogen and oxygen atoms in total. The highest BCUT2D eigenvalue weighted by Crippen LogP contribution is 2.21. The summed E-state index contributed by atoms with van der Waals surface area (Å²) in [5.41, 5.74) is 4.96. The van der Waals surface area contributed by atoms with Gasteiger partial charge in [-0.05, 0) is 37.5 Å². The predicted octanol–water partition coefficient (Wildman–Crippen LogP) is -0.839. The fourth-order valence-corrected chi connectivity index (χ4v) is 4.26. The van der Waals surface area contributed by atoms with E-state index >= 15 is 0 Å². The Balaban J connectivity index is 3.04. The van der Waals surface area contributed by atoms with Gasteiger partial charge in [-0.25, -0.2) is 4.79 Å². The van der Waals surface area contributed by atoms with E-state index in [1.807, 2.05) is 13.8 Å². The van der Waals surface area contributed by atoms with Gasteiger partial charge in [0.25, 0.3) is 5.91 Å². The lowest BCUT2D eigenvalue weighted by Crippen LogP contribution is -2.58. The minimum atomic E-state index is -1.18. The Hall–Kier alpha value is -3.51. The van der Waals surface area contributed by atoms with Crippen LogP contribution >= 0.6 is 0 Å². The molecule has 38 heavy (non-hydrogen) atoms. The van der Waals surface area contributed by atoms with E-state index in [-0.39, 0.29) is 31.2 Å². The van der Waals surface area contributed by atoms with E-state index < -0.39 is 65.5 Å². The topological polar surface area (TPSA) is 194 Å². The van der Waals surface area contributed by atoms with E-state index in [9.17, 15) is 33.6 Å². The van der Waals surface area contributed by atoms with Crippen molar-refractivity contribution in [3.05, 3.63) is 0 Å². The summed E-state index contributed by atoms with van der Waals surface area (Å²) in [5.74, 6) is -5.12. The second-order valence-electron chi connectivity index (χ2n) is 10.2.